The molecule has 1 fully saturated rings. The van der Waals surface area contributed by atoms with Gasteiger partial charge in [-0.25, -0.2) is 0 Å². The number of nitrogens with one attached hydrogen (secondary N) is 2. The van der Waals surface area contributed by atoms with Crippen molar-refractivity contribution in [3.05, 3.63) is 22.4 Å². The van der Waals surface area contributed by atoms with E-state index < -0.39 is 0 Å². The van der Waals surface area contributed by atoms with Crippen LogP contribution in [0.15, 0.2) is 22.5 Å². The van der Waals surface area contributed by atoms with E-state index in [1.807, 2.05) is 0 Å². The summed E-state index contributed by atoms with van der Waals surface area (Å²) in [5.74, 6) is 0.836. The van der Waals surface area contributed by atoms with Crippen molar-refractivity contribution in [3.8, 4) is 0 Å². The number of thiophene rings is 1. The quantitative estimate of drug-likeness (QED) is 0.305. The molecule has 0 spiro atoms. The van der Waals surface area contributed by atoms with Crippen LogP contribution in [0.25, 0.3) is 0 Å². The Bertz CT molecular complexity index is 395. The van der Waals surface area contributed by atoms with E-state index in [0.29, 0.717) is 6.10 Å². The Hall–Kier alpha value is -0.380. The lowest BCUT2D eigenvalue weighted by atomic mass is 10.3. The van der Waals surface area contributed by atoms with Gasteiger partial charge in [-0.1, -0.05) is 6.07 Å². The third kappa shape index (κ3) is 7.44. The van der Waals surface area contributed by atoms with Gasteiger partial charge in [0.2, 0.25) is 0 Å². The second-order valence-electron chi connectivity index (χ2n) is 4.64. The fourth-order valence-corrected chi connectivity index (χ4v) is 2.62. The molecule has 7 heteroatoms. The summed E-state index contributed by atoms with van der Waals surface area (Å²) in [6.45, 7) is 4.02. The van der Waals surface area contributed by atoms with Gasteiger partial charge in [0, 0.05) is 31.7 Å². The fraction of sp³-hybridized carbons (Fsp3) is 0.643. The molecular weight excluding hydrogens is 401 g/mol. The highest BCUT2D eigenvalue weighted by Crippen LogP contribution is 2.08. The lowest BCUT2D eigenvalue weighted by molar-refractivity contribution is 0.0420. The average Bonchev–Trinajstić information content (AvgIpc) is 3.14. The van der Waals surface area contributed by atoms with E-state index >= 15 is 0 Å². The molecule has 1 atom stereocenters. The number of aliphatic imine (C=N–C) groups is 1. The van der Waals surface area contributed by atoms with Crippen LogP contribution >= 0.6 is 35.3 Å². The van der Waals surface area contributed by atoms with Crippen LogP contribution in [-0.4, -0.2) is 45.5 Å². The Morgan fingerprint density at radius 3 is 3.10 bits per heavy atom. The normalized spacial score (nSPS) is 18.3. The van der Waals surface area contributed by atoms with Gasteiger partial charge in [0.1, 0.15) is 0 Å². The lowest BCUT2D eigenvalue weighted by Crippen LogP contribution is -2.37. The molecule has 0 amide bonds. The lowest BCUT2D eigenvalue weighted by Gasteiger charge is -2.12. The van der Waals surface area contributed by atoms with Crippen LogP contribution in [0.1, 0.15) is 17.7 Å². The number of ether oxygens (including phenoxy) is 2. The van der Waals surface area contributed by atoms with Gasteiger partial charge in [-0.3, -0.25) is 4.99 Å². The molecule has 1 aromatic rings. The van der Waals surface area contributed by atoms with Crippen molar-refractivity contribution < 1.29 is 9.47 Å². The molecule has 0 saturated carbocycles. The third-order valence-electron chi connectivity index (χ3n) is 3.09. The molecule has 1 aliphatic rings. The van der Waals surface area contributed by atoms with Crippen molar-refractivity contribution in [2.75, 3.05) is 33.4 Å². The summed E-state index contributed by atoms with van der Waals surface area (Å²) in [4.78, 5) is 5.50. The van der Waals surface area contributed by atoms with E-state index in [9.17, 15) is 0 Å². The van der Waals surface area contributed by atoms with Crippen LogP contribution in [0.2, 0.25) is 0 Å². The SMILES string of the molecule is CN=C(NCCCOC1CCOC1)NCc1cccs1.I. The molecule has 1 aliphatic heterocycles. The molecule has 0 bridgehead atoms. The minimum atomic E-state index is 0. The summed E-state index contributed by atoms with van der Waals surface area (Å²) >= 11 is 1.74. The first-order valence-electron chi connectivity index (χ1n) is 7.04. The van der Waals surface area contributed by atoms with E-state index in [0.717, 1.165) is 51.7 Å². The predicted molar refractivity (Wildman–Crippen MR) is 97.7 cm³/mol. The second kappa shape index (κ2) is 11.2. The fourth-order valence-electron chi connectivity index (χ4n) is 1.98. The largest absolute Gasteiger partial charge is 0.379 e. The minimum absolute atomic E-state index is 0. The molecule has 2 N–H and O–H groups in total. The highest BCUT2D eigenvalue weighted by molar-refractivity contribution is 14.0. The van der Waals surface area contributed by atoms with Gasteiger partial charge < -0.3 is 20.1 Å². The van der Waals surface area contributed by atoms with Crippen molar-refractivity contribution in [3.63, 3.8) is 0 Å². The van der Waals surface area contributed by atoms with Crippen LogP contribution in [-0.2, 0) is 16.0 Å². The van der Waals surface area contributed by atoms with Crippen molar-refractivity contribution in [2.24, 2.45) is 4.99 Å². The molecule has 5 nitrogen and oxygen atoms in total. The number of nitrogens with zero attached hydrogens (tertiary/aromatic N) is 1. The van der Waals surface area contributed by atoms with Gasteiger partial charge >= 0.3 is 0 Å². The number of hydrogen-bond acceptors (Lipinski definition) is 4. The molecular formula is C14H24IN3O2S. The van der Waals surface area contributed by atoms with E-state index in [-0.39, 0.29) is 24.0 Å². The predicted octanol–water partition coefficient (Wildman–Crippen LogP) is 2.23. The van der Waals surface area contributed by atoms with Crippen LogP contribution in [0.4, 0.5) is 0 Å². The van der Waals surface area contributed by atoms with Crippen LogP contribution < -0.4 is 10.6 Å². The van der Waals surface area contributed by atoms with E-state index in [1.54, 1.807) is 18.4 Å². The Kier molecular flexibility index (Phi) is 9.98. The molecule has 0 aromatic carbocycles. The maximum Gasteiger partial charge on any atom is 0.191 e. The number of hydrogen-bond donors (Lipinski definition) is 2. The highest BCUT2D eigenvalue weighted by atomic mass is 127. The summed E-state index contributed by atoms with van der Waals surface area (Å²) in [7, 11) is 1.79. The Balaban J connectivity index is 0.00000220. The third-order valence-corrected chi connectivity index (χ3v) is 3.97. The van der Waals surface area contributed by atoms with E-state index in [1.165, 1.54) is 4.88 Å². The second-order valence-corrected chi connectivity index (χ2v) is 5.67. The van der Waals surface area contributed by atoms with Gasteiger partial charge in [-0.15, -0.1) is 35.3 Å². The molecule has 1 unspecified atom stereocenters. The first kappa shape index (κ1) is 18.7. The van der Waals surface area contributed by atoms with Crippen molar-refractivity contribution in [1.82, 2.24) is 10.6 Å². The molecule has 2 rings (SSSR count). The molecule has 21 heavy (non-hydrogen) atoms. The van der Waals surface area contributed by atoms with Gasteiger partial charge in [-0.05, 0) is 24.3 Å². The zero-order valence-corrected chi connectivity index (χ0v) is 15.5. The summed E-state index contributed by atoms with van der Waals surface area (Å²) < 4.78 is 11.0. The first-order valence-corrected chi connectivity index (χ1v) is 7.92. The van der Waals surface area contributed by atoms with Crippen LogP contribution in [0, 0.1) is 0 Å². The molecule has 2 heterocycles. The maximum atomic E-state index is 5.71. The van der Waals surface area contributed by atoms with Gasteiger partial charge in [0.05, 0.1) is 19.3 Å². The molecule has 1 aromatic heterocycles. The molecule has 120 valence electrons. The van der Waals surface area contributed by atoms with Gasteiger partial charge in [-0.2, -0.15) is 0 Å². The summed E-state index contributed by atoms with van der Waals surface area (Å²) in [6.07, 6.45) is 2.29. The smallest absolute Gasteiger partial charge is 0.191 e. The van der Waals surface area contributed by atoms with Crippen LogP contribution in [0.3, 0.4) is 0 Å². The Morgan fingerprint density at radius 1 is 1.52 bits per heavy atom. The number of halogens is 1. The first-order chi connectivity index (χ1) is 9.88. The summed E-state index contributed by atoms with van der Waals surface area (Å²) in [5, 5.41) is 8.66. The van der Waals surface area contributed by atoms with Gasteiger partial charge in [0.25, 0.3) is 0 Å². The average molecular weight is 425 g/mol. The molecule has 0 aliphatic carbocycles. The van der Waals surface area contributed by atoms with Gasteiger partial charge in [0.15, 0.2) is 5.96 Å². The van der Waals surface area contributed by atoms with E-state index in [2.05, 4.69) is 33.1 Å². The zero-order chi connectivity index (χ0) is 14.0. The monoisotopic (exact) mass is 425 g/mol. The molecule has 0 radical (unpaired) electrons. The Labute approximate surface area is 147 Å². The zero-order valence-electron chi connectivity index (χ0n) is 12.3. The standard InChI is InChI=1S/C14H23N3O2S.HI/c1-15-14(17-10-13-4-2-9-20-13)16-6-3-7-19-12-5-8-18-11-12;/h2,4,9,12H,3,5-8,10-11H2,1H3,(H2,15,16,17);1H. The molecule has 1 saturated heterocycles. The summed E-state index contributed by atoms with van der Waals surface area (Å²) in [6, 6.07) is 4.17. The van der Waals surface area contributed by atoms with E-state index in [4.69, 9.17) is 9.47 Å². The topological polar surface area (TPSA) is 54.9 Å². The maximum absolute atomic E-state index is 5.71. The van der Waals surface area contributed by atoms with Crippen molar-refractivity contribution in [2.45, 2.75) is 25.5 Å². The van der Waals surface area contributed by atoms with Crippen molar-refractivity contribution >= 4 is 41.3 Å². The Morgan fingerprint density at radius 2 is 2.43 bits per heavy atom. The van der Waals surface area contributed by atoms with Crippen molar-refractivity contribution in [1.29, 1.82) is 0 Å². The van der Waals surface area contributed by atoms with Crippen LogP contribution in [0.5, 0.6) is 0 Å². The number of rotatable bonds is 7. The number of guanidine groups is 1. The highest BCUT2D eigenvalue weighted by Gasteiger charge is 2.15. The minimum Gasteiger partial charge on any atom is -0.379 e. The summed E-state index contributed by atoms with van der Waals surface area (Å²) in [5.41, 5.74) is 0.